The van der Waals surface area contributed by atoms with E-state index in [0.717, 1.165) is 36.3 Å². The van der Waals surface area contributed by atoms with Gasteiger partial charge in [0, 0.05) is 23.0 Å². The number of thiazole rings is 1. The van der Waals surface area contributed by atoms with E-state index < -0.39 is 57.2 Å². The van der Waals surface area contributed by atoms with Gasteiger partial charge in [-0.15, -0.1) is 15.6 Å². The molecule has 8 N–H and O–H groups in total. The Morgan fingerprint density at radius 3 is 2.65 bits per heavy atom. The minimum absolute atomic E-state index is 0.0597. The van der Waals surface area contributed by atoms with Crippen molar-refractivity contribution < 1.29 is 46.3 Å². The molecule has 0 bridgehead atoms. The molecule has 2 saturated heterocycles. The summed E-state index contributed by atoms with van der Waals surface area (Å²) in [4.78, 5) is 48.3. The smallest absolute Gasteiger partial charge is 0.418 e. The van der Waals surface area contributed by atoms with E-state index in [2.05, 4.69) is 37.3 Å². The molecule has 4 heterocycles. The van der Waals surface area contributed by atoms with Crippen LogP contribution in [0, 0.1) is 5.41 Å². The number of benzene rings is 1. The maximum atomic E-state index is 13.5. The molecule has 1 aromatic carbocycles. The first-order valence-electron chi connectivity index (χ1n) is 15.3. The molecule has 20 heteroatoms. The number of fused-ring (bicyclic) bond motifs is 1. The average Bonchev–Trinajstić information content (AvgIpc) is 3.46. The van der Waals surface area contributed by atoms with Gasteiger partial charge >= 0.3 is 16.4 Å². The van der Waals surface area contributed by atoms with Gasteiger partial charge in [-0.2, -0.15) is 13.5 Å². The normalized spacial score (nSPS) is 24.8. The zero-order valence-corrected chi connectivity index (χ0v) is 28.7. The Balaban J connectivity index is 1.32. The summed E-state index contributed by atoms with van der Waals surface area (Å²) in [5.41, 5.74) is 3.06. The summed E-state index contributed by atoms with van der Waals surface area (Å²) in [6, 6.07) is 4.43. The van der Waals surface area contributed by atoms with Crippen LogP contribution >= 0.6 is 11.3 Å². The number of β-lactam (4-membered cyclic amide) rings is 1. The van der Waals surface area contributed by atoms with Crippen LogP contribution in [0.15, 0.2) is 28.7 Å². The lowest BCUT2D eigenvalue weighted by atomic mass is 9.84. The van der Waals surface area contributed by atoms with Crippen LogP contribution in [0.5, 0.6) is 5.75 Å². The van der Waals surface area contributed by atoms with E-state index in [1.165, 1.54) is 26.2 Å². The molecule has 0 saturated carbocycles. The molecule has 49 heavy (non-hydrogen) atoms. The van der Waals surface area contributed by atoms with Gasteiger partial charge in [0.05, 0.1) is 5.54 Å². The number of carbonyl (C=O) groups excluding carboxylic acids is 2. The molecule has 0 aliphatic carbocycles. The number of nitrogens with zero attached hydrogens (tertiary/aromatic N) is 3. The number of aromatic nitrogens is 1. The maximum absolute atomic E-state index is 13.5. The summed E-state index contributed by atoms with van der Waals surface area (Å²) < 4.78 is 41.8. The molecule has 5 atom stereocenters. The monoisotopic (exact) mass is 722 g/mol. The van der Waals surface area contributed by atoms with E-state index in [1.807, 2.05) is 6.07 Å². The average molecular weight is 723 g/mol. The fraction of sp³-hybridized carbons (Fsp3) is 0.517. The Hall–Kier alpha value is -4.37. The fourth-order valence-electron chi connectivity index (χ4n) is 5.88. The van der Waals surface area contributed by atoms with Crippen molar-refractivity contribution >= 4 is 56.2 Å². The second-order valence-electron chi connectivity index (χ2n) is 12.8. The van der Waals surface area contributed by atoms with Crippen LogP contribution < -0.4 is 26.4 Å². The molecule has 3 aliphatic heterocycles. The number of aryl methyl sites for hydroxylation is 1. The van der Waals surface area contributed by atoms with Crippen molar-refractivity contribution in [3.63, 3.8) is 0 Å². The van der Waals surface area contributed by atoms with Crippen molar-refractivity contribution in [2.45, 2.75) is 88.7 Å². The quantitative estimate of drug-likeness (QED) is 0.0550. The molecule has 2 aromatic rings. The number of nitrogens with one attached hydrogen (secondary N) is 4. The van der Waals surface area contributed by atoms with Gasteiger partial charge in [0.1, 0.15) is 23.3 Å². The number of carboxylic acid groups (broad SMARTS) is 1. The van der Waals surface area contributed by atoms with Gasteiger partial charge < -0.3 is 36.4 Å². The number of oxime groups is 1. The van der Waals surface area contributed by atoms with Gasteiger partial charge in [-0.1, -0.05) is 5.16 Å². The van der Waals surface area contributed by atoms with Gasteiger partial charge in [0.25, 0.3) is 17.4 Å². The Morgan fingerprint density at radius 2 is 2.04 bits per heavy atom. The number of ether oxygens (including phenoxy) is 1. The van der Waals surface area contributed by atoms with E-state index in [-0.39, 0.29) is 29.1 Å². The third-order valence-corrected chi connectivity index (χ3v) is 9.74. The lowest BCUT2D eigenvalue weighted by molar-refractivity contribution is -0.218. The molecule has 3 unspecified atom stereocenters. The second-order valence-corrected chi connectivity index (χ2v) is 14.7. The van der Waals surface area contributed by atoms with Gasteiger partial charge in [0.15, 0.2) is 16.9 Å². The molecule has 2 fully saturated rings. The van der Waals surface area contributed by atoms with Crippen LogP contribution in [0.1, 0.15) is 63.8 Å². The third-order valence-electron chi connectivity index (χ3n) is 8.73. The molecule has 1 aromatic heterocycles. The molecular weight excluding hydrogens is 684 g/mol. The lowest BCUT2D eigenvalue weighted by Crippen LogP contribution is -2.76. The summed E-state index contributed by atoms with van der Waals surface area (Å²) in [5, 5.41) is 33.7. The Bertz CT molecular complexity index is 1800. The van der Waals surface area contributed by atoms with E-state index in [4.69, 9.17) is 25.3 Å². The fourth-order valence-corrected chi connectivity index (χ4v) is 6.88. The molecule has 5 rings (SSSR count). The number of amides is 2. The summed E-state index contributed by atoms with van der Waals surface area (Å²) >= 11 is 0.966. The Kier molecular flexibility index (Phi) is 9.90. The second kappa shape index (κ2) is 13.5. The van der Waals surface area contributed by atoms with Crippen molar-refractivity contribution in [2.75, 3.05) is 12.3 Å². The van der Waals surface area contributed by atoms with Gasteiger partial charge in [-0.05, 0) is 83.7 Å². The highest BCUT2D eigenvalue weighted by Gasteiger charge is 2.58. The summed E-state index contributed by atoms with van der Waals surface area (Å²) in [6.07, 6.45) is 1.33. The van der Waals surface area contributed by atoms with Crippen molar-refractivity contribution in [3.05, 3.63) is 40.4 Å². The number of hydroxylamine groups is 2. The lowest BCUT2D eigenvalue weighted by Gasteiger charge is -2.50. The summed E-state index contributed by atoms with van der Waals surface area (Å²) in [7, 11) is -5.03. The third kappa shape index (κ3) is 7.62. The molecular formula is C29H38N8O10S2. The van der Waals surface area contributed by atoms with E-state index in [0.29, 0.717) is 28.8 Å². The minimum atomic E-state index is -5.03. The standard InChI is InChI=1S/C29H38N8O10S2/c1-14-11-17(9-10-32-14)33-23(30)16-5-7-19-15(12-16)6-8-20(45-19)29(4,26(40)41)46-36-21(18-13-48-27(31)34-18)24(38)35-22-25(39)37(28(22,2)3)47-49(42,43)44/h5,7,12-14,17,20,22,32H,6,8-11H2,1-4H3,(H2,30,33)(H2,31,34)(H,35,38)(H,40,41)(H,42,43,44)/t14-,17-,20?,22?,29?/m0/s1. The molecule has 266 valence electrons. The maximum Gasteiger partial charge on any atom is 0.418 e. The van der Waals surface area contributed by atoms with Crippen LogP contribution in [0.3, 0.4) is 0 Å². The summed E-state index contributed by atoms with van der Waals surface area (Å²) in [6.45, 7) is 6.96. The molecule has 0 spiro atoms. The van der Waals surface area contributed by atoms with Crippen molar-refractivity contribution in [1.29, 1.82) is 5.41 Å². The van der Waals surface area contributed by atoms with Crippen molar-refractivity contribution in [1.82, 2.24) is 26.0 Å². The first-order chi connectivity index (χ1) is 22.9. The number of hydrogen-bond donors (Lipinski definition) is 7. The number of nitrogen functional groups attached to an aromatic ring is 1. The number of rotatable bonds is 11. The number of carboxylic acids is 1. The molecule has 18 nitrogen and oxygen atoms in total. The number of nitrogens with two attached hydrogens (primary N) is 1. The molecule has 2 amide bonds. The van der Waals surface area contributed by atoms with Crippen LogP contribution in [-0.2, 0) is 40.3 Å². The number of hydrogen-bond acceptors (Lipinski definition) is 14. The minimum Gasteiger partial charge on any atom is -0.485 e. The molecule has 3 aliphatic rings. The zero-order chi connectivity index (χ0) is 35.9. The highest BCUT2D eigenvalue weighted by atomic mass is 32.3. The highest BCUT2D eigenvalue weighted by Crippen LogP contribution is 2.35. The van der Waals surface area contributed by atoms with Crippen molar-refractivity contribution in [3.8, 4) is 5.75 Å². The number of piperidine rings is 1. The van der Waals surface area contributed by atoms with Crippen LogP contribution in [-0.4, -0.2) is 99.4 Å². The summed E-state index contributed by atoms with van der Waals surface area (Å²) in [5.74, 6) is -2.75. The number of carbonyl (C=O) groups is 3. The Labute approximate surface area is 285 Å². The zero-order valence-electron chi connectivity index (χ0n) is 27.1. The van der Waals surface area contributed by atoms with Crippen molar-refractivity contribution in [2.24, 2.45) is 5.16 Å². The van der Waals surface area contributed by atoms with Gasteiger partial charge in [-0.25, -0.2) is 9.78 Å². The largest absolute Gasteiger partial charge is 0.485 e. The highest BCUT2D eigenvalue weighted by molar-refractivity contribution is 7.80. The van der Waals surface area contributed by atoms with E-state index >= 15 is 0 Å². The first-order valence-corrected chi connectivity index (χ1v) is 17.5. The Morgan fingerprint density at radius 1 is 1.31 bits per heavy atom. The number of anilines is 1. The topological polar surface area (TPSA) is 268 Å². The van der Waals surface area contributed by atoms with Gasteiger partial charge in [-0.3, -0.25) is 19.6 Å². The SMILES string of the molecule is C[C@H]1C[C@@H](NC(=N)c2ccc3c(c2)CCC(C(C)(ON=C(C(=O)NC2C(=O)N(OS(=O)(=O)O)C2(C)C)c2csc(N)n2)C(=O)O)O3)CCN1. The van der Waals surface area contributed by atoms with Crippen LogP contribution in [0.25, 0.3) is 0 Å². The molecule has 0 radical (unpaired) electrons. The van der Waals surface area contributed by atoms with Gasteiger partial charge in [0.2, 0.25) is 0 Å². The number of aliphatic carboxylic acids is 1. The predicted molar refractivity (Wildman–Crippen MR) is 175 cm³/mol. The number of amidine groups is 1. The van der Waals surface area contributed by atoms with Crippen LogP contribution in [0.4, 0.5) is 5.13 Å². The van der Waals surface area contributed by atoms with E-state index in [9.17, 15) is 27.9 Å². The van der Waals surface area contributed by atoms with E-state index in [1.54, 1.807) is 12.1 Å². The van der Waals surface area contributed by atoms with Crippen LogP contribution in [0.2, 0.25) is 0 Å². The predicted octanol–water partition coefficient (Wildman–Crippen LogP) is 0.579. The first kappa shape index (κ1) is 35.9.